The predicted molar refractivity (Wildman–Crippen MR) is 113 cm³/mol. The van der Waals surface area contributed by atoms with E-state index in [1.165, 1.54) is 37.1 Å². The zero-order valence-electron chi connectivity index (χ0n) is 15.9. The lowest BCUT2D eigenvalue weighted by Crippen LogP contribution is -2.14. The molecule has 0 aliphatic rings. The van der Waals surface area contributed by atoms with Crippen molar-refractivity contribution in [2.45, 2.75) is 23.0 Å². The van der Waals surface area contributed by atoms with E-state index >= 15 is 0 Å². The Balaban J connectivity index is 1.95. The van der Waals surface area contributed by atoms with Crippen LogP contribution in [0.4, 0.5) is 4.39 Å². The Morgan fingerprint density at radius 3 is 2.50 bits per heavy atom. The van der Waals surface area contributed by atoms with E-state index in [0.29, 0.717) is 16.3 Å². The molecule has 5 nitrogen and oxygen atoms in total. The van der Waals surface area contributed by atoms with E-state index in [0.717, 1.165) is 4.90 Å². The molecular weight excluding hydrogens is 431 g/mol. The Labute approximate surface area is 181 Å². The van der Waals surface area contributed by atoms with Crippen molar-refractivity contribution in [3.63, 3.8) is 0 Å². The lowest BCUT2D eigenvalue weighted by atomic mass is 9.92. The van der Waals surface area contributed by atoms with Crippen LogP contribution in [0, 0.1) is 5.82 Å². The highest BCUT2D eigenvalue weighted by molar-refractivity contribution is 7.98. The topological polar surface area (TPSA) is 76.7 Å². The second kappa shape index (κ2) is 9.82. The number of carbonyl (C=O) groups excluding carboxylic acids is 1. The Bertz CT molecular complexity index is 1080. The maximum Gasteiger partial charge on any atom is 0.306 e. The molecular formula is C22H18ClFO5S. The Morgan fingerprint density at radius 1 is 1.20 bits per heavy atom. The van der Waals surface area contributed by atoms with Crippen LogP contribution < -0.4 is 5.43 Å². The van der Waals surface area contributed by atoms with Crippen molar-refractivity contribution in [2.75, 3.05) is 7.11 Å². The van der Waals surface area contributed by atoms with E-state index < -0.39 is 23.1 Å². The summed E-state index contributed by atoms with van der Waals surface area (Å²) in [6.45, 7) is 0. The van der Waals surface area contributed by atoms with Gasteiger partial charge in [-0.1, -0.05) is 23.7 Å². The van der Waals surface area contributed by atoms with Gasteiger partial charge in [0.25, 0.3) is 0 Å². The Hall–Kier alpha value is -2.77. The van der Waals surface area contributed by atoms with Crippen LogP contribution in [-0.2, 0) is 15.3 Å². The molecule has 1 atom stereocenters. The largest absolute Gasteiger partial charge is 0.502 e. The van der Waals surface area contributed by atoms with E-state index in [9.17, 15) is 19.1 Å². The number of ether oxygens (including phenoxy) is 1. The predicted octanol–water partition coefficient (Wildman–Crippen LogP) is 5.13. The average Bonchev–Trinajstić information content (AvgIpc) is 2.74. The third-order valence-corrected chi connectivity index (χ3v) is 5.67. The van der Waals surface area contributed by atoms with Crippen LogP contribution in [0.25, 0.3) is 0 Å². The van der Waals surface area contributed by atoms with Crippen molar-refractivity contribution >= 4 is 29.3 Å². The van der Waals surface area contributed by atoms with Gasteiger partial charge in [-0.3, -0.25) is 9.59 Å². The van der Waals surface area contributed by atoms with E-state index in [4.69, 9.17) is 20.8 Å². The third-order valence-electron chi connectivity index (χ3n) is 4.38. The molecule has 1 aromatic heterocycles. The van der Waals surface area contributed by atoms with Gasteiger partial charge in [-0.25, -0.2) is 4.39 Å². The maximum absolute atomic E-state index is 13.1. The fourth-order valence-corrected chi connectivity index (χ4v) is 3.76. The number of hydrogen-bond acceptors (Lipinski definition) is 6. The van der Waals surface area contributed by atoms with Gasteiger partial charge in [0, 0.05) is 16.0 Å². The maximum atomic E-state index is 13.1. The first kappa shape index (κ1) is 21.9. The van der Waals surface area contributed by atoms with Crippen molar-refractivity contribution < 1.29 is 23.4 Å². The molecule has 0 saturated heterocycles. The molecule has 0 fully saturated rings. The number of aromatic hydroxyl groups is 1. The van der Waals surface area contributed by atoms with Gasteiger partial charge in [0.2, 0.25) is 11.2 Å². The van der Waals surface area contributed by atoms with Crippen molar-refractivity contribution in [3.8, 4) is 5.75 Å². The summed E-state index contributed by atoms with van der Waals surface area (Å²) in [6, 6.07) is 13.8. The summed E-state index contributed by atoms with van der Waals surface area (Å²) in [5.41, 5.74) is 0.0152. The molecule has 8 heteroatoms. The zero-order valence-corrected chi connectivity index (χ0v) is 17.5. The summed E-state index contributed by atoms with van der Waals surface area (Å²) in [7, 11) is 1.26. The smallest absolute Gasteiger partial charge is 0.306 e. The van der Waals surface area contributed by atoms with Gasteiger partial charge in [0.05, 0.1) is 25.2 Å². The van der Waals surface area contributed by atoms with Crippen LogP contribution in [0.3, 0.4) is 0 Å². The van der Waals surface area contributed by atoms with Crippen LogP contribution >= 0.6 is 23.4 Å². The lowest BCUT2D eigenvalue weighted by molar-refractivity contribution is -0.140. The Morgan fingerprint density at radius 2 is 1.87 bits per heavy atom. The normalized spacial score (nSPS) is 11.8. The first-order chi connectivity index (χ1) is 14.4. The molecule has 3 aromatic rings. The number of rotatable bonds is 7. The van der Waals surface area contributed by atoms with Gasteiger partial charge in [-0.2, -0.15) is 0 Å². The zero-order chi connectivity index (χ0) is 21.7. The van der Waals surface area contributed by atoms with Crippen molar-refractivity contribution in [1.29, 1.82) is 0 Å². The molecule has 0 radical (unpaired) electrons. The van der Waals surface area contributed by atoms with Gasteiger partial charge < -0.3 is 14.3 Å². The molecule has 30 heavy (non-hydrogen) atoms. The second-order valence-corrected chi connectivity index (χ2v) is 7.90. The number of hydrogen-bond donors (Lipinski definition) is 1. The van der Waals surface area contributed by atoms with Gasteiger partial charge in [0.15, 0.2) is 5.76 Å². The number of halogens is 2. The minimum Gasteiger partial charge on any atom is -0.502 e. The highest BCUT2D eigenvalue weighted by atomic mass is 35.5. The molecule has 1 unspecified atom stereocenters. The fourth-order valence-electron chi connectivity index (χ4n) is 2.85. The summed E-state index contributed by atoms with van der Waals surface area (Å²) >= 11 is 7.29. The standard InChI is InChI=1S/C22H18ClFO5S/c1-28-20(26)11-18(13-2-4-14(23)5-3-13)22-21(27)19(25)10-16(29-22)12-30-17-8-6-15(24)7-9-17/h2-10,18,27H,11-12H2,1H3. The minimum atomic E-state index is -0.738. The molecule has 0 aliphatic heterocycles. The van der Waals surface area contributed by atoms with Gasteiger partial charge in [0.1, 0.15) is 11.6 Å². The molecule has 0 aliphatic carbocycles. The first-order valence-corrected chi connectivity index (χ1v) is 10.3. The molecule has 2 aromatic carbocycles. The molecule has 156 valence electrons. The number of carbonyl (C=O) groups is 1. The van der Waals surface area contributed by atoms with E-state index in [1.54, 1.807) is 36.4 Å². The van der Waals surface area contributed by atoms with Gasteiger partial charge >= 0.3 is 5.97 Å². The van der Waals surface area contributed by atoms with E-state index in [-0.39, 0.29) is 23.8 Å². The summed E-state index contributed by atoms with van der Waals surface area (Å²) in [4.78, 5) is 25.1. The number of thioether (sulfide) groups is 1. The lowest BCUT2D eigenvalue weighted by Gasteiger charge is -2.17. The Kier molecular flexibility index (Phi) is 7.18. The number of esters is 1. The van der Waals surface area contributed by atoms with Crippen LogP contribution in [-0.4, -0.2) is 18.2 Å². The third kappa shape index (κ3) is 5.43. The molecule has 1 N–H and O–H groups in total. The summed E-state index contributed by atoms with van der Waals surface area (Å²) in [5.74, 6) is -1.60. The molecule has 0 saturated carbocycles. The average molecular weight is 449 g/mol. The van der Waals surface area contributed by atoms with Crippen LogP contribution in [0.2, 0.25) is 5.02 Å². The van der Waals surface area contributed by atoms with E-state index in [1.807, 2.05) is 0 Å². The summed E-state index contributed by atoms with van der Waals surface area (Å²) in [5, 5.41) is 10.9. The number of methoxy groups -OCH3 is 1. The number of benzene rings is 2. The van der Waals surface area contributed by atoms with Crippen molar-refractivity contribution in [3.05, 3.63) is 92.7 Å². The second-order valence-electron chi connectivity index (χ2n) is 6.42. The highest BCUT2D eigenvalue weighted by Crippen LogP contribution is 2.35. The molecule has 0 amide bonds. The fraction of sp³-hybridized carbons (Fsp3) is 0.182. The highest BCUT2D eigenvalue weighted by Gasteiger charge is 2.26. The summed E-state index contributed by atoms with van der Waals surface area (Å²) in [6.07, 6.45) is -0.136. The SMILES string of the molecule is COC(=O)CC(c1ccc(Cl)cc1)c1oc(CSc2ccc(F)cc2)cc(=O)c1O. The summed E-state index contributed by atoms with van der Waals surface area (Å²) < 4.78 is 23.7. The molecule has 3 rings (SSSR count). The van der Waals surface area contributed by atoms with Crippen molar-refractivity contribution in [1.82, 2.24) is 0 Å². The first-order valence-electron chi connectivity index (χ1n) is 8.94. The monoisotopic (exact) mass is 448 g/mol. The van der Waals surface area contributed by atoms with Gasteiger partial charge in [-0.15, -0.1) is 11.8 Å². The van der Waals surface area contributed by atoms with Crippen LogP contribution in [0.1, 0.15) is 29.4 Å². The van der Waals surface area contributed by atoms with Crippen LogP contribution in [0.15, 0.2) is 68.7 Å². The quantitative estimate of drug-likeness (QED) is 0.399. The van der Waals surface area contributed by atoms with Crippen LogP contribution in [0.5, 0.6) is 5.75 Å². The molecule has 0 spiro atoms. The van der Waals surface area contributed by atoms with Gasteiger partial charge in [-0.05, 0) is 42.0 Å². The van der Waals surface area contributed by atoms with E-state index in [2.05, 4.69) is 0 Å². The van der Waals surface area contributed by atoms with Crippen molar-refractivity contribution in [2.24, 2.45) is 0 Å². The minimum absolute atomic E-state index is 0.0232. The molecule has 1 heterocycles. The molecule has 0 bridgehead atoms.